The zero-order valence-corrected chi connectivity index (χ0v) is 14.3. The summed E-state index contributed by atoms with van der Waals surface area (Å²) < 4.78 is 13.5. The molecular formula is C17H26FN3O2. The van der Waals surface area contributed by atoms with Crippen LogP contribution in [0.4, 0.5) is 4.39 Å². The van der Waals surface area contributed by atoms with E-state index in [1.165, 1.54) is 6.07 Å². The Labute approximate surface area is 137 Å². The van der Waals surface area contributed by atoms with Gasteiger partial charge in [-0.15, -0.1) is 0 Å². The molecule has 1 aromatic carbocycles. The molecule has 0 saturated carbocycles. The zero-order chi connectivity index (χ0) is 17.5. The highest BCUT2D eigenvalue weighted by Gasteiger charge is 2.17. The molecule has 0 atom stereocenters. The second-order valence-corrected chi connectivity index (χ2v) is 6.47. The van der Waals surface area contributed by atoms with Crippen LogP contribution in [0.15, 0.2) is 24.3 Å². The lowest BCUT2D eigenvalue weighted by Crippen LogP contribution is -2.47. The second kappa shape index (κ2) is 8.62. The Hall–Kier alpha value is -1.95. The second-order valence-electron chi connectivity index (χ2n) is 6.47. The highest BCUT2D eigenvalue weighted by atomic mass is 19.1. The molecule has 0 unspecified atom stereocenters. The van der Waals surface area contributed by atoms with E-state index in [1.54, 1.807) is 23.1 Å². The van der Waals surface area contributed by atoms with Crippen LogP contribution in [0.1, 0.15) is 33.3 Å². The predicted octanol–water partition coefficient (Wildman–Crippen LogP) is 1.68. The van der Waals surface area contributed by atoms with Gasteiger partial charge in [0.2, 0.25) is 11.8 Å². The van der Waals surface area contributed by atoms with Crippen LogP contribution < -0.4 is 10.6 Å². The van der Waals surface area contributed by atoms with Crippen molar-refractivity contribution >= 4 is 11.8 Å². The monoisotopic (exact) mass is 323 g/mol. The molecule has 0 aromatic heterocycles. The topological polar surface area (TPSA) is 61.4 Å². The van der Waals surface area contributed by atoms with E-state index in [-0.39, 0.29) is 42.8 Å². The number of amides is 2. The molecule has 0 saturated heterocycles. The number of halogens is 1. The Morgan fingerprint density at radius 1 is 1.13 bits per heavy atom. The highest BCUT2D eigenvalue weighted by molar-refractivity contribution is 5.81. The van der Waals surface area contributed by atoms with Crippen molar-refractivity contribution in [2.45, 2.75) is 39.8 Å². The molecule has 2 N–H and O–H groups in total. The van der Waals surface area contributed by atoms with Crippen LogP contribution in [-0.2, 0) is 16.1 Å². The maximum Gasteiger partial charge on any atom is 0.234 e. The third kappa shape index (κ3) is 7.74. The van der Waals surface area contributed by atoms with Crippen LogP contribution in [0.3, 0.4) is 0 Å². The van der Waals surface area contributed by atoms with E-state index < -0.39 is 0 Å². The van der Waals surface area contributed by atoms with Crippen LogP contribution in [0, 0.1) is 5.82 Å². The smallest absolute Gasteiger partial charge is 0.234 e. The summed E-state index contributed by atoms with van der Waals surface area (Å²) >= 11 is 0. The molecule has 0 spiro atoms. The largest absolute Gasteiger partial charge is 0.351 e. The van der Waals surface area contributed by atoms with Crippen molar-refractivity contribution in [2.75, 3.05) is 19.6 Å². The Bertz CT molecular complexity index is 541. The van der Waals surface area contributed by atoms with E-state index in [2.05, 4.69) is 10.6 Å². The minimum atomic E-state index is -0.343. The van der Waals surface area contributed by atoms with Crippen molar-refractivity contribution in [3.8, 4) is 0 Å². The first-order valence-corrected chi connectivity index (χ1v) is 7.74. The fourth-order valence-corrected chi connectivity index (χ4v) is 2.03. The molecule has 0 fully saturated rings. The lowest BCUT2D eigenvalue weighted by molar-refractivity contribution is -0.125. The number of hydrogen-bond donors (Lipinski definition) is 2. The molecular weight excluding hydrogens is 297 g/mol. The lowest BCUT2D eigenvalue weighted by Gasteiger charge is -2.24. The van der Waals surface area contributed by atoms with Gasteiger partial charge in [0.25, 0.3) is 0 Å². The number of carbonyl (C=O) groups is 2. The molecule has 0 aliphatic heterocycles. The van der Waals surface area contributed by atoms with Crippen molar-refractivity contribution in [2.24, 2.45) is 0 Å². The first-order valence-electron chi connectivity index (χ1n) is 7.74. The van der Waals surface area contributed by atoms with Gasteiger partial charge in [0.1, 0.15) is 5.82 Å². The summed E-state index contributed by atoms with van der Waals surface area (Å²) in [6.07, 6.45) is 0. The standard InChI is InChI=1S/C17H26FN3O2/c1-5-21(12-16(23)20-17(2,3)4)11-15(22)19-10-13-8-6-7-9-14(13)18/h6-9H,5,10-12H2,1-4H3,(H,19,22)(H,20,23). The van der Waals surface area contributed by atoms with Crippen LogP contribution in [0.2, 0.25) is 0 Å². The van der Waals surface area contributed by atoms with Gasteiger partial charge in [0.05, 0.1) is 13.1 Å². The van der Waals surface area contributed by atoms with Gasteiger partial charge >= 0.3 is 0 Å². The van der Waals surface area contributed by atoms with Crippen molar-refractivity contribution in [1.29, 1.82) is 0 Å². The lowest BCUT2D eigenvalue weighted by atomic mass is 10.1. The van der Waals surface area contributed by atoms with Crippen molar-refractivity contribution in [3.63, 3.8) is 0 Å². The SMILES string of the molecule is CCN(CC(=O)NCc1ccccc1F)CC(=O)NC(C)(C)C. The van der Waals surface area contributed by atoms with E-state index in [0.29, 0.717) is 12.1 Å². The summed E-state index contributed by atoms with van der Waals surface area (Å²) in [5.41, 5.74) is 0.137. The van der Waals surface area contributed by atoms with Crippen molar-refractivity contribution < 1.29 is 14.0 Å². The number of hydrogen-bond acceptors (Lipinski definition) is 3. The summed E-state index contributed by atoms with van der Waals surface area (Å²) in [4.78, 5) is 25.6. The van der Waals surface area contributed by atoms with E-state index in [9.17, 15) is 14.0 Å². The summed E-state index contributed by atoms with van der Waals surface area (Å²) in [6.45, 7) is 8.56. The normalized spacial score (nSPS) is 11.4. The third-order valence-electron chi connectivity index (χ3n) is 3.13. The predicted molar refractivity (Wildman–Crippen MR) is 88.3 cm³/mol. The molecule has 0 radical (unpaired) electrons. The number of carbonyl (C=O) groups excluding carboxylic acids is 2. The molecule has 128 valence electrons. The average Bonchev–Trinajstić information content (AvgIpc) is 2.43. The first kappa shape index (κ1) is 19.1. The molecule has 1 rings (SSSR count). The molecule has 1 aromatic rings. The number of nitrogens with one attached hydrogen (secondary N) is 2. The molecule has 0 bridgehead atoms. The van der Waals surface area contributed by atoms with Gasteiger partial charge < -0.3 is 10.6 Å². The van der Waals surface area contributed by atoms with Crippen molar-refractivity contribution in [1.82, 2.24) is 15.5 Å². The van der Waals surface area contributed by atoms with Crippen LogP contribution in [0.5, 0.6) is 0 Å². The van der Waals surface area contributed by atoms with E-state index >= 15 is 0 Å². The first-order chi connectivity index (χ1) is 10.7. The van der Waals surface area contributed by atoms with Gasteiger partial charge in [-0.05, 0) is 33.4 Å². The van der Waals surface area contributed by atoms with Gasteiger partial charge in [-0.25, -0.2) is 4.39 Å². The van der Waals surface area contributed by atoms with Crippen LogP contribution in [-0.4, -0.2) is 41.9 Å². The van der Waals surface area contributed by atoms with Gasteiger partial charge in [-0.2, -0.15) is 0 Å². The fraction of sp³-hybridized carbons (Fsp3) is 0.529. The molecule has 0 heterocycles. The average molecular weight is 323 g/mol. The summed E-state index contributed by atoms with van der Waals surface area (Å²) in [7, 11) is 0. The van der Waals surface area contributed by atoms with Gasteiger partial charge in [0, 0.05) is 17.6 Å². The summed E-state index contributed by atoms with van der Waals surface area (Å²) in [6, 6.07) is 6.31. The minimum Gasteiger partial charge on any atom is -0.351 e. The molecule has 6 heteroatoms. The van der Waals surface area contributed by atoms with Crippen LogP contribution in [0.25, 0.3) is 0 Å². The van der Waals surface area contributed by atoms with E-state index in [1.807, 2.05) is 27.7 Å². The maximum absolute atomic E-state index is 13.5. The van der Waals surface area contributed by atoms with Crippen LogP contribution >= 0.6 is 0 Å². The zero-order valence-electron chi connectivity index (χ0n) is 14.3. The van der Waals surface area contributed by atoms with Crippen molar-refractivity contribution in [3.05, 3.63) is 35.6 Å². The molecule has 0 aliphatic carbocycles. The molecule has 2 amide bonds. The Morgan fingerprint density at radius 2 is 1.74 bits per heavy atom. The fourth-order valence-electron chi connectivity index (χ4n) is 2.03. The quantitative estimate of drug-likeness (QED) is 0.802. The van der Waals surface area contributed by atoms with Gasteiger partial charge in [-0.3, -0.25) is 14.5 Å². The minimum absolute atomic E-state index is 0.0997. The Kier molecular flexibility index (Phi) is 7.16. The highest BCUT2D eigenvalue weighted by Crippen LogP contribution is 2.05. The Morgan fingerprint density at radius 3 is 2.30 bits per heavy atom. The molecule has 5 nitrogen and oxygen atoms in total. The number of nitrogens with zero attached hydrogens (tertiary/aromatic N) is 1. The van der Waals surface area contributed by atoms with Gasteiger partial charge in [0.15, 0.2) is 0 Å². The third-order valence-corrected chi connectivity index (χ3v) is 3.13. The van der Waals surface area contributed by atoms with E-state index in [0.717, 1.165) is 0 Å². The number of rotatable bonds is 7. The maximum atomic E-state index is 13.5. The number of likely N-dealkylation sites (N-methyl/N-ethyl adjacent to an activating group) is 1. The summed E-state index contributed by atoms with van der Waals surface area (Å²) in [5, 5.41) is 5.53. The Balaban J connectivity index is 2.44. The van der Waals surface area contributed by atoms with E-state index in [4.69, 9.17) is 0 Å². The number of benzene rings is 1. The molecule has 23 heavy (non-hydrogen) atoms. The van der Waals surface area contributed by atoms with Gasteiger partial charge in [-0.1, -0.05) is 25.1 Å². The summed E-state index contributed by atoms with van der Waals surface area (Å²) in [5.74, 6) is -0.704. The molecule has 0 aliphatic rings.